The van der Waals surface area contributed by atoms with Crippen LogP contribution in [-0.4, -0.2) is 11.1 Å². The lowest BCUT2D eigenvalue weighted by atomic mass is 10.1. The first-order chi connectivity index (χ1) is 6.67. The maximum atomic E-state index is 12.4. The van der Waals surface area contributed by atoms with Crippen LogP contribution in [-0.2, 0) is 6.67 Å². The van der Waals surface area contributed by atoms with Gasteiger partial charge in [0.25, 0.3) is 0 Å². The molecule has 0 saturated carbocycles. The summed E-state index contributed by atoms with van der Waals surface area (Å²) in [5, 5.41) is 1.00. The lowest BCUT2D eigenvalue weighted by Gasteiger charge is -2.02. The zero-order chi connectivity index (χ0) is 10.6. The highest BCUT2D eigenvalue weighted by atomic mass is 79.9. The predicted octanol–water partition coefficient (Wildman–Crippen LogP) is 3.78. The second-order valence-corrected chi connectivity index (χ2v) is 4.07. The van der Waals surface area contributed by atoms with Crippen LogP contribution < -0.4 is 0 Å². The van der Waals surface area contributed by atoms with Gasteiger partial charge in [-0.2, -0.15) is 0 Å². The van der Waals surface area contributed by atoms with Crippen LogP contribution in [0.5, 0.6) is 0 Å². The van der Waals surface area contributed by atoms with Crippen molar-refractivity contribution in [1.82, 2.24) is 0 Å². The Bertz CT molecular complexity index is 341. The highest BCUT2D eigenvalue weighted by Crippen LogP contribution is 2.17. The van der Waals surface area contributed by atoms with E-state index in [-0.39, 0.29) is 5.78 Å². The Balaban J connectivity index is 2.96. The van der Waals surface area contributed by atoms with E-state index in [0.29, 0.717) is 27.9 Å². The topological polar surface area (TPSA) is 17.1 Å². The van der Waals surface area contributed by atoms with Gasteiger partial charge >= 0.3 is 0 Å². The zero-order valence-electron chi connectivity index (χ0n) is 7.40. The minimum Gasteiger partial charge on any atom is -0.294 e. The number of alkyl halides is 2. The van der Waals surface area contributed by atoms with Crippen LogP contribution in [0.25, 0.3) is 0 Å². The Morgan fingerprint density at radius 2 is 2.14 bits per heavy atom. The third-order valence-electron chi connectivity index (χ3n) is 1.76. The quantitative estimate of drug-likeness (QED) is 0.605. The fraction of sp³-hybridized carbons (Fsp3) is 0.300. The summed E-state index contributed by atoms with van der Waals surface area (Å²) in [5.41, 5.74) is 0.917. The summed E-state index contributed by atoms with van der Waals surface area (Å²) in [4.78, 5) is 11.5. The molecule has 0 radical (unpaired) electrons. The normalized spacial score (nSPS) is 10.2. The van der Waals surface area contributed by atoms with Crippen molar-refractivity contribution < 1.29 is 9.18 Å². The van der Waals surface area contributed by atoms with Gasteiger partial charge in [-0.15, -0.1) is 0 Å². The van der Waals surface area contributed by atoms with E-state index in [0.717, 1.165) is 0 Å². The summed E-state index contributed by atoms with van der Waals surface area (Å²) in [6.07, 6.45) is 0.395. The summed E-state index contributed by atoms with van der Waals surface area (Å²) in [6, 6.07) is 4.62. The largest absolute Gasteiger partial charge is 0.294 e. The number of ketones is 1. The maximum absolute atomic E-state index is 12.4. The van der Waals surface area contributed by atoms with Gasteiger partial charge in [-0.1, -0.05) is 27.5 Å². The van der Waals surface area contributed by atoms with Gasteiger partial charge in [0.2, 0.25) is 0 Å². The SMILES string of the molecule is O=C(CCBr)c1cc(Cl)cc(CF)c1. The van der Waals surface area contributed by atoms with E-state index in [9.17, 15) is 9.18 Å². The number of carbonyl (C=O) groups is 1. The molecule has 0 atom stereocenters. The van der Waals surface area contributed by atoms with Crippen molar-refractivity contribution in [2.45, 2.75) is 13.1 Å². The van der Waals surface area contributed by atoms with Crippen molar-refractivity contribution in [3.63, 3.8) is 0 Å². The fourth-order valence-electron chi connectivity index (χ4n) is 1.12. The average molecular weight is 280 g/mol. The molecule has 0 saturated heterocycles. The van der Waals surface area contributed by atoms with Crippen molar-refractivity contribution in [2.24, 2.45) is 0 Å². The van der Waals surface area contributed by atoms with E-state index in [2.05, 4.69) is 15.9 Å². The summed E-state index contributed by atoms with van der Waals surface area (Å²) in [5.74, 6) is -0.0286. The molecule has 1 aromatic rings. The summed E-state index contributed by atoms with van der Waals surface area (Å²) in [6.45, 7) is -0.602. The highest BCUT2D eigenvalue weighted by Gasteiger charge is 2.07. The third-order valence-corrected chi connectivity index (χ3v) is 2.37. The zero-order valence-corrected chi connectivity index (χ0v) is 9.74. The molecular formula is C10H9BrClFO. The van der Waals surface area contributed by atoms with Crippen LogP contribution in [0, 0.1) is 0 Å². The van der Waals surface area contributed by atoms with Crippen LogP contribution >= 0.6 is 27.5 Å². The van der Waals surface area contributed by atoms with Crippen molar-refractivity contribution >= 4 is 33.3 Å². The molecule has 0 aromatic heterocycles. The van der Waals surface area contributed by atoms with Gasteiger partial charge in [0.15, 0.2) is 5.78 Å². The van der Waals surface area contributed by atoms with Gasteiger partial charge in [-0.05, 0) is 23.8 Å². The van der Waals surface area contributed by atoms with Gasteiger partial charge in [0.1, 0.15) is 6.67 Å². The number of benzene rings is 1. The van der Waals surface area contributed by atoms with Crippen molar-refractivity contribution in [1.29, 1.82) is 0 Å². The van der Waals surface area contributed by atoms with Crippen LogP contribution in [0.2, 0.25) is 5.02 Å². The number of hydrogen-bond donors (Lipinski definition) is 0. The Labute approximate surface area is 95.4 Å². The van der Waals surface area contributed by atoms with E-state index in [1.54, 1.807) is 6.07 Å². The number of rotatable bonds is 4. The van der Waals surface area contributed by atoms with E-state index in [1.165, 1.54) is 12.1 Å². The predicted molar refractivity (Wildman–Crippen MR) is 59.0 cm³/mol. The molecule has 0 bridgehead atoms. The molecule has 1 rings (SSSR count). The molecule has 0 aliphatic rings. The highest BCUT2D eigenvalue weighted by molar-refractivity contribution is 9.09. The number of Topliss-reactive ketones (excluding diaryl/α,β-unsaturated/α-hetero) is 1. The molecule has 4 heteroatoms. The molecule has 0 aliphatic heterocycles. The molecule has 0 unspecified atom stereocenters. The smallest absolute Gasteiger partial charge is 0.163 e. The van der Waals surface area contributed by atoms with E-state index in [1.807, 2.05) is 0 Å². The standard InChI is InChI=1S/C10H9BrClFO/c11-2-1-10(14)8-3-7(6-13)4-9(12)5-8/h3-5H,1-2,6H2. The van der Waals surface area contributed by atoms with E-state index < -0.39 is 6.67 Å². The first kappa shape index (κ1) is 11.7. The van der Waals surface area contributed by atoms with Gasteiger partial charge in [0, 0.05) is 22.3 Å². The lowest BCUT2D eigenvalue weighted by molar-refractivity contribution is 0.0990. The average Bonchev–Trinajstić information content (AvgIpc) is 2.17. The molecule has 0 heterocycles. The molecule has 1 nitrogen and oxygen atoms in total. The molecule has 1 aromatic carbocycles. The summed E-state index contributed by atoms with van der Waals surface area (Å²) >= 11 is 8.92. The molecule has 0 fully saturated rings. The van der Waals surface area contributed by atoms with E-state index in [4.69, 9.17) is 11.6 Å². The van der Waals surface area contributed by atoms with Gasteiger partial charge in [-0.25, -0.2) is 4.39 Å². The van der Waals surface area contributed by atoms with Gasteiger partial charge < -0.3 is 0 Å². The Kier molecular flexibility index (Phi) is 4.55. The van der Waals surface area contributed by atoms with Gasteiger partial charge in [-0.3, -0.25) is 4.79 Å². The van der Waals surface area contributed by atoms with Crippen LogP contribution in [0.1, 0.15) is 22.3 Å². The first-order valence-corrected chi connectivity index (χ1v) is 5.62. The lowest BCUT2D eigenvalue weighted by Crippen LogP contribution is -2.00. The maximum Gasteiger partial charge on any atom is 0.163 e. The molecular weight excluding hydrogens is 270 g/mol. The molecule has 0 amide bonds. The summed E-state index contributed by atoms with van der Waals surface area (Å²) < 4.78 is 12.4. The molecule has 76 valence electrons. The Hall–Kier alpha value is -0.410. The molecule has 0 aliphatic carbocycles. The van der Waals surface area contributed by atoms with E-state index >= 15 is 0 Å². The number of halogens is 3. The minimum atomic E-state index is -0.602. The molecule has 14 heavy (non-hydrogen) atoms. The monoisotopic (exact) mass is 278 g/mol. The summed E-state index contributed by atoms with van der Waals surface area (Å²) in [7, 11) is 0. The number of carbonyl (C=O) groups excluding carboxylic acids is 1. The second-order valence-electron chi connectivity index (χ2n) is 2.84. The molecule has 0 N–H and O–H groups in total. The Morgan fingerprint density at radius 1 is 1.43 bits per heavy atom. The van der Waals surface area contributed by atoms with Crippen LogP contribution in [0.15, 0.2) is 18.2 Å². The molecule has 0 spiro atoms. The number of hydrogen-bond acceptors (Lipinski definition) is 1. The van der Waals surface area contributed by atoms with Crippen LogP contribution in [0.3, 0.4) is 0 Å². The minimum absolute atomic E-state index is 0.0286. The second kappa shape index (κ2) is 5.47. The van der Waals surface area contributed by atoms with Crippen molar-refractivity contribution in [3.05, 3.63) is 34.3 Å². The fourth-order valence-corrected chi connectivity index (χ4v) is 1.74. The van der Waals surface area contributed by atoms with Crippen LogP contribution in [0.4, 0.5) is 4.39 Å². The first-order valence-electron chi connectivity index (χ1n) is 4.12. The van der Waals surface area contributed by atoms with Crippen molar-refractivity contribution in [2.75, 3.05) is 5.33 Å². The third kappa shape index (κ3) is 3.07. The Morgan fingerprint density at radius 3 is 2.71 bits per heavy atom. The van der Waals surface area contributed by atoms with Gasteiger partial charge in [0.05, 0.1) is 0 Å². The van der Waals surface area contributed by atoms with Crippen molar-refractivity contribution in [3.8, 4) is 0 Å².